The molecule has 2 nitrogen and oxygen atoms in total. The van der Waals surface area contributed by atoms with Crippen LogP contribution in [0.15, 0.2) is 12.1 Å². The average Bonchev–Trinajstić information content (AvgIpc) is 2.78. The van der Waals surface area contributed by atoms with Gasteiger partial charge in [0.05, 0.1) is 0 Å². The van der Waals surface area contributed by atoms with Crippen LogP contribution >= 0.6 is 11.3 Å². The molecule has 3 N–H and O–H groups in total. The third-order valence-corrected chi connectivity index (χ3v) is 4.67. The molecular weight excluding hydrogens is 242 g/mol. The van der Waals surface area contributed by atoms with E-state index in [1.165, 1.54) is 16.2 Å². The van der Waals surface area contributed by atoms with E-state index in [1.807, 2.05) is 11.3 Å². The first-order valence-electron chi connectivity index (χ1n) is 7.00. The molecular formula is C15H27NOS. The monoisotopic (exact) mass is 269 g/mol. The molecule has 0 radical (unpaired) electrons. The van der Waals surface area contributed by atoms with E-state index in [4.69, 9.17) is 5.73 Å². The number of aliphatic hydroxyl groups excluding tert-OH is 1. The van der Waals surface area contributed by atoms with Crippen LogP contribution in [0.1, 0.15) is 49.3 Å². The summed E-state index contributed by atoms with van der Waals surface area (Å²) in [4.78, 5) is 2.94. The van der Waals surface area contributed by atoms with Gasteiger partial charge in [0.2, 0.25) is 0 Å². The van der Waals surface area contributed by atoms with Crippen molar-refractivity contribution in [2.24, 2.45) is 17.6 Å². The van der Waals surface area contributed by atoms with Gasteiger partial charge in [0.1, 0.15) is 0 Å². The lowest BCUT2D eigenvalue weighted by Gasteiger charge is -2.18. The SMILES string of the molecule is CCC(CC(CN)CO)c1ccc(CC(C)C)s1. The van der Waals surface area contributed by atoms with Gasteiger partial charge in [-0.15, -0.1) is 11.3 Å². The topological polar surface area (TPSA) is 46.2 Å². The molecule has 0 fully saturated rings. The number of thiophene rings is 1. The molecule has 3 heteroatoms. The second kappa shape index (κ2) is 7.93. The molecule has 0 saturated carbocycles. The summed E-state index contributed by atoms with van der Waals surface area (Å²) in [6.07, 6.45) is 3.30. The number of hydrogen-bond acceptors (Lipinski definition) is 3. The maximum absolute atomic E-state index is 9.26. The first-order valence-corrected chi connectivity index (χ1v) is 7.81. The van der Waals surface area contributed by atoms with Gasteiger partial charge in [0.15, 0.2) is 0 Å². The molecule has 2 unspecified atom stereocenters. The van der Waals surface area contributed by atoms with Crippen molar-refractivity contribution < 1.29 is 5.11 Å². The maximum atomic E-state index is 9.26. The molecule has 0 aliphatic carbocycles. The third-order valence-electron chi connectivity index (χ3n) is 3.40. The van der Waals surface area contributed by atoms with Crippen LogP contribution in [0.4, 0.5) is 0 Å². The molecule has 1 aromatic heterocycles. The van der Waals surface area contributed by atoms with Crippen molar-refractivity contribution in [3.63, 3.8) is 0 Å². The van der Waals surface area contributed by atoms with Gasteiger partial charge < -0.3 is 10.8 Å². The predicted octanol–water partition coefficient (Wildman–Crippen LogP) is 3.40. The lowest BCUT2D eigenvalue weighted by Crippen LogP contribution is -2.20. The molecule has 1 aromatic rings. The zero-order chi connectivity index (χ0) is 13.5. The Morgan fingerprint density at radius 1 is 1.33 bits per heavy atom. The third kappa shape index (κ3) is 4.71. The van der Waals surface area contributed by atoms with Gasteiger partial charge in [-0.25, -0.2) is 0 Å². The first kappa shape index (κ1) is 15.7. The number of rotatable bonds is 8. The fraction of sp³-hybridized carbons (Fsp3) is 0.733. The maximum Gasteiger partial charge on any atom is 0.0471 e. The summed E-state index contributed by atoms with van der Waals surface area (Å²) >= 11 is 1.93. The summed E-state index contributed by atoms with van der Waals surface area (Å²) in [5, 5.41) is 9.26. The lowest BCUT2D eigenvalue weighted by molar-refractivity contribution is 0.215. The summed E-state index contributed by atoms with van der Waals surface area (Å²) in [7, 11) is 0. The van der Waals surface area contributed by atoms with E-state index in [-0.39, 0.29) is 12.5 Å². The number of hydrogen-bond donors (Lipinski definition) is 2. The summed E-state index contributed by atoms with van der Waals surface area (Å²) < 4.78 is 0. The van der Waals surface area contributed by atoms with E-state index in [2.05, 4.69) is 32.9 Å². The Balaban J connectivity index is 2.66. The highest BCUT2D eigenvalue weighted by Crippen LogP contribution is 2.33. The van der Waals surface area contributed by atoms with Gasteiger partial charge in [-0.1, -0.05) is 20.8 Å². The van der Waals surface area contributed by atoms with Crippen LogP contribution in [0.25, 0.3) is 0 Å². The van der Waals surface area contributed by atoms with E-state index in [9.17, 15) is 5.11 Å². The summed E-state index contributed by atoms with van der Waals surface area (Å²) in [5.41, 5.74) is 5.68. The zero-order valence-electron chi connectivity index (χ0n) is 11.9. The van der Waals surface area contributed by atoms with Gasteiger partial charge in [-0.2, -0.15) is 0 Å². The molecule has 0 saturated heterocycles. The Morgan fingerprint density at radius 2 is 2.06 bits per heavy atom. The van der Waals surface area contributed by atoms with Crippen LogP contribution in [0, 0.1) is 11.8 Å². The minimum atomic E-state index is 0.206. The van der Waals surface area contributed by atoms with Gasteiger partial charge in [-0.3, -0.25) is 0 Å². The molecule has 2 atom stereocenters. The number of aliphatic hydroxyl groups is 1. The average molecular weight is 269 g/mol. The second-order valence-corrected chi connectivity index (χ2v) is 6.73. The van der Waals surface area contributed by atoms with E-state index < -0.39 is 0 Å². The van der Waals surface area contributed by atoms with Crippen molar-refractivity contribution in [2.45, 2.75) is 46.0 Å². The molecule has 0 aliphatic heterocycles. The van der Waals surface area contributed by atoms with Crippen molar-refractivity contribution in [1.82, 2.24) is 0 Å². The highest BCUT2D eigenvalue weighted by atomic mass is 32.1. The lowest BCUT2D eigenvalue weighted by atomic mass is 9.92. The zero-order valence-corrected chi connectivity index (χ0v) is 12.7. The fourth-order valence-electron chi connectivity index (χ4n) is 2.26. The van der Waals surface area contributed by atoms with Crippen LogP contribution in [0.3, 0.4) is 0 Å². The van der Waals surface area contributed by atoms with Crippen LogP contribution in [0.2, 0.25) is 0 Å². The molecule has 0 amide bonds. The Kier molecular flexibility index (Phi) is 6.90. The van der Waals surface area contributed by atoms with Crippen LogP contribution in [-0.2, 0) is 6.42 Å². The normalized spacial score (nSPS) is 15.0. The van der Waals surface area contributed by atoms with Crippen molar-refractivity contribution in [3.8, 4) is 0 Å². The van der Waals surface area contributed by atoms with Crippen molar-refractivity contribution in [2.75, 3.05) is 13.2 Å². The molecule has 0 aromatic carbocycles. The van der Waals surface area contributed by atoms with Crippen molar-refractivity contribution in [3.05, 3.63) is 21.9 Å². The van der Waals surface area contributed by atoms with Gasteiger partial charge in [-0.05, 0) is 55.7 Å². The molecule has 0 bridgehead atoms. The van der Waals surface area contributed by atoms with E-state index >= 15 is 0 Å². The van der Waals surface area contributed by atoms with Crippen LogP contribution < -0.4 is 5.73 Å². The smallest absolute Gasteiger partial charge is 0.0471 e. The molecule has 1 heterocycles. The highest BCUT2D eigenvalue weighted by Gasteiger charge is 2.17. The predicted molar refractivity (Wildman–Crippen MR) is 80.1 cm³/mol. The van der Waals surface area contributed by atoms with E-state index in [0.717, 1.165) is 12.8 Å². The molecule has 18 heavy (non-hydrogen) atoms. The molecule has 0 aliphatic rings. The van der Waals surface area contributed by atoms with Crippen molar-refractivity contribution >= 4 is 11.3 Å². The number of nitrogens with two attached hydrogens (primary N) is 1. The largest absolute Gasteiger partial charge is 0.396 e. The Morgan fingerprint density at radius 3 is 2.56 bits per heavy atom. The van der Waals surface area contributed by atoms with Crippen LogP contribution in [0.5, 0.6) is 0 Å². The minimum Gasteiger partial charge on any atom is -0.396 e. The highest BCUT2D eigenvalue weighted by molar-refractivity contribution is 7.12. The van der Waals surface area contributed by atoms with Gasteiger partial charge in [0.25, 0.3) is 0 Å². The first-order chi connectivity index (χ1) is 8.60. The van der Waals surface area contributed by atoms with Crippen molar-refractivity contribution in [1.29, 1.82) is 0 Å². The second-order valence-electron chi connectivity index (χ2n) is 5.53. The Labute approximate surface area is 115 Å². The molecule has 104 valence electrons. The summed E-state index contributed by atoms with van der Waals surface area (Å²) in [5.74, 6) is 1.51. The van der Waals surface area contributed by atoms with E-state index in [0.29, 0.717) is 18.4 Å². The van der Waals surface area contributed by atoms with E-state index in [1.54, 1.807) is 0 Å². The minimum absolute atomic E-state index is 0.206. The quantitative estimate of drug-likeness (QED) is 0.760. The summed E-state index contributed by atoms with van der Waals surface area (Å²) in [6, 6.07) is 4.53. The Hall–Kier alpha value is -0.380. The van der Waals surface area contributed by atoms with Crippen LogP contribution in [-0.4, -0.2) is 18.3 Å². The standard InChI is InChI=1S/C15H27NOS/c1-4-13(8-12(9-16)10-17)15-6-5-14(18-15)7-11(2)3/h5-6,11-13,17H,4,7-10,16H2,1-3H3. The Bertz CT molecular complexity index is 331. The summed E-state index contributed by atoms with van der Waals surface area (Å²) in [6.45, 7) is 7.52. The molecule has 1 rings (SSSR count). The molecule has 0 spiro atoms. The van der Waals surface area contributed by atoms with Gasteiger partial charge in [0, 0.05) is 16.4 Å². The van der Waals surface area contributed by atoms with Gasteiger partial charge >= 0.3 is 0 Å². The fourth-order valence-corrected chi connectivity index (χ4v) is 3.68.